The van der Waals surface area contributed by atoms with Crippen molar-refractivity contribution in [1.82, 2.24) is 0 Å². The maximum atomic E-state index is 12.1. The Balaban J connectivity index is 1.94. The SMILES string of the molecule is O=C(CSC1CCCCC1)Nc1c(Br)cc([N+](=O)[O-])cc1Br. The van der Waals surface area contributed by atoms with Crippen LogP contribution in [0.5, 0.6) is 0 Å². The molecule has 0 aliphatic heterocycles. The van der Waals surface area contributed by atoms with E-state index in [9.17, 15) is 14.9 Å². The molecule has 0 atom stereocenters. The number of nitrogens with zero attached hydrogens (tertiary/aromatic N) is 1. The van der Waals surface area contributed by atoms with Crippen LogP contribution in [0.25, 0.3) is 0 Å². The summed E-state index contributed by atoms with van der Waals surface area (Å²) < 4.78 is 0.981. The summed E-state index contributed by atoms with van der Waals surface area (Å²) in [7, 11) is 0. The van der Waals surface area contributed by atoms with Gasteiger partial charge in [-0.3, -0.25) is 14.9 Å². The lowest BCUT2D eigenvalue weighted by Crippen LogP contribution is -2.18. The largest absolute Gasteiger partial charge is 0.323 e. The number of amides is 1. The van der Waals surface area contributed by atoms with Gasteiger partial charge in [-0.15, -0.1) is 11.8 Å². The monoisotopic (exact) mass is 450 g/mol. The molecule has 5 nitrogen and oxygen atoms in total. The smallest absolute Gasteiger partial charge is 0.271 e. The molecule has 0 spiro atoms. The summed E-state index contributed by atoms with van der Waals surface area (Å²) in [6, 6.07) is 2.77. The second-order valence-electron chi connectivity index (χ2n) is 5.16. The maximum absolute atomic E-state index is 12.1. The van der Waals surface area contributed by atoms with Gasteiger partial charge >= 0.3 is 0 Å². The third kappa shape index (κ3) is 4.96. The predicted octanol–water partition coefficient (Wildman–Crippen LogP) is 5.12. The molecule has 120 valence electrons. The van der Waals surface area contributed by atoms with Crippen molar-refractivity contribution in [2.24, 2.45) is 0 Å². The number of benzene rings is 1. The molecule has 1 fully saturated rings. The number of hydrogen-bond donors (Lipinski definition) is 1. The topological polar surface area (TPSA) is 72.2 Å². The van der Waals surface area contributed by atoms with Crippen LogP contribution in [0.3, 0.4) is 0 Å². The summed E-state index contributed by atoms with van der Waals surface area (Å²) in [5.74, 6) is 0.311. The number of non-ortho nitro benzene ring substituents is 1. The van der Waals surface area contributed by atoms with E-state index in [1.807, 2.05) is 0 Å². The van der Waals surface area contributed by atoms with E-state index in [4.69, 9.17) is 0 Å². The Hall–Kier alpha value is -0.600. The lowest BCUT2D eigenvalue weighted by molar-refractivity contribution is -0.385. The minimum atomic E-state index is -0.472. The Labute approximate surface area is 150 Å². The molecule has 0 radical (unpaired) electrons. The normalized spacial score (nSPS) is 15.5. The molecule has 1 N–H and O–H groups in total. The van der Waals surface area contributed by atoms with Crippen LogP contribution in [0.1, 0.15) is 32.1 Å². The quantitative estimate of drug-likeness (QED) is 0.497. The third-order valence-corrected chi connectivity index (χ3v) is 6.13. The van der Waals surface area contributed by atoms with Gasteiger partial charge < -0.3 is 5.32 Å². The summed E-state index contributed by atoms with van der Waals surface area (Å²) in [5.41, 5.74) is 0.494. The molecule has 0 heterocycles. The molecule has 1 amide bonds. The van der Waals surface area contributed by atoms with Gasteiger partial charge in [0.1, 0.15) is 0 Å². The van der Waals surface area contributed by atoms with Crippen LogP contribution in [-0.2, 0) is 4.79 Å². The number of hydrogen-bond acceptors (Lipinski definition) is 4. The number of anilines is 1. The van der Waals surface area contributed by atoms with Gasteiger partial charge in [-0.1, -0.05) is 19.3 Å². The Morgan fingerprint density at radius 2 is 1.86 bits per heavy atom. The Morgan fingerprint density at radius 3 is 2.41 bits per heavy atom. The highest BCUT2D eigenvalue weighted by Crippen LogP contribution is 2.35. The van der Waals surface area contributed by atoms with Gasteiger partial charge in [-0.2, -0.15) is 0 Å². The van der Waals surface area contributed by atoms with Crippen molar-refractivity contribution in [2.75, 3.05) is 11.1 Å². The molecule has 0 unspecified atom stereocenters. The van der Waals surface area contributed by atoms with Crippen molar-refractivity contribution < 1.29 is 9.72 Å². The van der Waals surface area contributed by atoms with E-state index < -0.39 is 4.92 Å². The summed E-state index contributed by atoms with van der Waals surface area (Å²) in [5, 5.41) is 14.2. The maximum Gasteiger partial charge on any atom is 0.271 e. The van der Waals surface area contributed by atoms with E-state index in [0.717, 1.165) is 0 Å². The number of nitro groups is 1. The van der Waals surface area contributed by atoms with Crippen LogP contribution >= 0.6 is 43.6 Å². The number of thioether (sulfide) groups is 1. The van der Waals surface area contributed by atoms with Crippen LogP contribution in [-0.4, -0.2) is 21.8 Å². The van der Waals surface area contributed by atoms with Crippen LogP contribution < -0.4 is 5.32 Å². The van der Waals surface area contributed by atoms with Gasteiger partial charge in [0.15, 0.2) is 0 Å². The van der Waals surface area contributed by atoms with Crippen molar-refractivity contribution in [3.63, 3.8) is 0 Å². The molecular formula is C14H16Br2N2O3S. The highest BCUT2D eigenvalue weighted by atomic mass is 79.9. The number of carbonyl (C=O) groups is 1. The minimum absolute atomic E-state index is 0.0340. The van der Waals surface area contributed by atoms with Crippen molar-refractivity contribution in [3.05, 3.63) is 31.2 Å². The Morgan fingerprint density at radius 1 is 1.27 bits per heavy atom. The molecule has 2 rings (SSSR count). The molecule has 1 aliphatic carbocycles. The fourth-order valence-electron chi connectivity index (χ4n) is 2.39. The second-order valence-corrected chi connectivity index (χ2v) is 8.16. The van der Waals surface area contributed by atoms with Crippen molar-refractivity contribution in [3.8, 4) is 0 Å². The second kappa shape index (κ2) is 8.31. The first kappa shape index (κ1) is 17.7. The molecule has 0 bridgehead atoms. The van der Waals surface area contributed by atoms with E-state index in [1.54, 1.807) is 11.8 Å². The molecule has 0 aromatic heterocycles. The predicted molar refractivity (Wildman–Crippen MR) is 96.5 cm³/mol. The number of carbonyl (C=O) groups excluding carboxylic acids is 1. The zero-order chi connectivity index (χ0) is 16.1. The lowest BCUT2D eigenvalue weighted by Gasteiger charge is -2.20. The molecule has 0 saturated heterocycles. The third-order valence-electron chi connectivity index (χ3n) is 3.50. The van der Waals surface area contributed by atoms with Crippen molar-refractivity contribution in [2.45, 2.75) is 37.4 Å². The Kier molecular flexibility index (Phi) is 6.70. The average molecular weight is 452 g/mol. The van der Waals surface area contributed by atoms with Crippen molar-refractivity contribution in [1.29, 1.82) is 0 Å². The first-order chi connectivity index (χ1) is 10.5. The fourth-order valence-corrected chi connectivity index (χ4v) is 4.87. The number of nitro benzene ring substituents is 1. The zero-order valence-electron chi connectivity index (χ0n) is 11.8. The molecule has 22 heavy (non-hydrogen) atoms. The number of halogens is 2. The van der Waals surface area contributed by atoms with E-state index in [2.05, 4.69) is 37.2 Å². The van der Waals surface area contributed by atoms with Gasteiger partial charge in [0.2, 0.25) is 5.91 Å². The standard InChI is InChI=1S/C14H16Br2N2O3S/c15-11-6-9(18(20)21)7-12(16)14(11)17-13(19)8-22-10-4-2-1-3-5-10/h6-7,10H,1-5,8H2,(H,17,19). The molecular weight excluding hydrogens is 436 g/mol. The highest BCUT2D eigenvalue weighted by molar-refractivity contribution is 9.11. The fraction of sp³-hybridized carbons (Fsp3) is 0.500. The van der Waals surface area contributed by atoms with Crippen LogP contribution in [0, 0.1) is 10.1 Å². The van der Waals surface area contributed by atoms with Gasteiger partial charge in [0.25, 0.3) is 5.69 Å². The van der Waals surface area contributed by atoms with Crippen LogP contribution in [0.15, 0.2) is 21.1 Å². The zero-order valence-corrected chi connectivity index (χ0v) is 15.8. The van der Waals surface area contributed by atoms with E-state index >= 15 is 0 Å². The molecule has 1 aliphatic rings. The Bertz CT molecular complexity index is 554. The molecule has 1 aromatic carbocycles. The van der Waals surface area contributed by atoms with Gasteiger partial charge in [0, 0.05) is 26.3 Å². The van der Waals surface area contributed by atoms with Gasteiger partial charge in [-0.05, 0) is 44.7 Å². The molecule has 1 aromatic rings. The summed E-state index contributed by atoms with van der Waals surface area (Å²) in [6.07, 6.45) is 6.16. The summed E-state index contributed by atoms with van der Waals surface area (Å²) in [6.45, 7) is 0. The van der Waals surface area contributed by atoms with Crippen LogP contribution in [0.2, 0.25) is 0 Å². The van der Waals surface area contributed by atoms with E-state index in [1.165, 1.54) is 44.2 Å². The van der Waals surface area contributed by atoms with E-state index in [-0.39, 0.29) is 11.6 Å². The van der Waals surface area contributed by atoms with Gasteiger partial charge in [0.05, 0.1) is 16.4 Å². The van der Waals surface area contributed by atoms with Crippen LogP contribution in [0.4, 0.5) is 11.4 Å². The summed E-state index contributed by atoms with van der Waals surface area (Å²) in [4.78, 5) is 22.4. The first-order valence-electron chi connectivity index (χ1n) is 7.02. The minimum Gasteiger partial charge on any atom is -0.323 e. The van der Waals surface area contributed by atoms with E-state index in [0.29, 0.717) is 25.6 Å². The first-order valence-corrected chi connectivity index (χ1v) is 9.65. The lowest BCUT2D eigenvalue weighted by atomic mass is 10.0. The highest BCUT2D eigenvalue weighted by Gasteiger charge is 2.18. The van der Waals surface area contributed by atoms with Crippen molar-refractivity contribution >= 4 is 60.9 Å². The summed E-state index contributed by atoms with van der Waals surface area (Å²) >= 11 is 8.23. The average Bonchev–Trinajstić information content (AvgIpc) is 2.49. The molecule has 8 heteroatoms. The number of rotatable bonds is 5. The van der Waals surface area contributed by atoms with Gasteiger partial charge in [-0.25, -0.2) is 0 Å². The number of nitrogens with one attached hydrogen (secondary N) is 1. The molecule has 1 saturated carbocycles.